The average Bonchev–Trinajstić information content (AvgIpc) is 3.29. The van der Waals surface area contributed by atoms with Gasteiger partial charge in [0, 0.05) is 31.1 Å². The quantitative estimate of drug-likeness (QED) is 0.528. The SMILES string of the molecule is CCC1C(C)=C(OC2C(C)=CC34C(=O)C(CC(CO)C(O)C23O)C2C(CC4C)C2(C)C)N=CN1C. The van der Waals surface area contributed by atoms with Crippen LogP contribution < -0.4 is 0 Å². The fraction of sp³-hybridized carbons (Fsp3) is 0.786. The number of likely N-dealkylation sites (N-methyl/N-ethyl adjacent to an activating group) is 1. The Hall–Kier alpha value is -1.70. The van der Waals surface area contributed by atoms with E-state index in [9.17, 15) is 20.1 Å². The normalized spacial score (nSPS) is 48.1. The molecule has 1 aliphatic heterocycles. The van der Waals surface area contributed by atoms with Crippen molar-refractivity contribution in [2.75, 3.05) is 13.7 Å². The number of aliphatic hydroxyl groups is 3. The summed E-state index contributed by atoms with van der Waals surface area (Å²) in [5.41, 5.74) is -1.40. The molecule has 5 aliphatic rings. The Bertz CT molecular complexity index is 1020. The number of fused-ring (bicyclic) bond motifs is 3. The van der Waals surface area contributed by atoms with Crippen LogP contribution >= 0.6 is 0 Å². The van der Waals surface area contributed by atoms with Crippen molar-refractivity contribution in [3.05, 3.63) is 23.1 Å². The highest BCUT2D eigenvalue weighted by atomic mass is 16.5. The predicted molar refractivity (Wildman–Crippen MR) is 133 cm³/mol. The highest BCUT2D eigenvalue weighted by molar-refractivity contribution is 5.93. The number of aliphatic imine (C=N–C) groups is 1. The molecule has 35 heavy (non-hydrogen) atoms. The molecule has 10 unspecified atom stereocenters. The summed E-state index contributed by atoms with van der Waals surface area (Å²) in [6.45, 7) is 12.2. The van der Waals surface area contributed by atoms with Gasteiger partial charge in [0.1, 0.15) is 11.4 Å². The topological polar surface area (TPSA) is 103 Å². The van der Waals surface area contributed by atoms with Crippen LogP contribution in [0.4, 0.5) is 0 Å². The van der Waals surface area contributed by atoms with Gasteiger partial charge in [0.25, 0.3) is 0 Å². The van der Waals surface area contributed by atoms with E-state index in [1.165, 1.54) is 0 Å². The van der Waals surface area contributed by atoms with Crippen molar-refractivity contribution in [2.45, 2.75) is 84.7 Å². The van der Waals surface area contributed by atoms with Gasteiger partial charge in [-0.05, 0) is 61.9 Å². The van der Waals surface area contributed by atoms with Crippen molar-refractivity contribution in [3.8, 4) is 0 Å². The second kappa shape index (κ2) is 7.90. The van der Waals surface area contributed by atoms with Crippen LogP contribution in [-0.2, 0) is 9.53 Å². The van der Waals surface area contributed by atoms with Crippen LogP contribution in [0, 0.1) is 40.4 Å². The molecule has 0 aromatic rings. The first-order chi connectivity index (χ1) is 16.4. The maximum absolute atomic E-state index is 14.5. The van der Waals surface area contributed by atoms with Crippen LogP contribution in [0.5, 0.6) is 0 Å². The minimum absolute atomic E-state index is 0.00930. The Morgan fingerprint density at radius 1 is 1.26 bits per heavy atom. The highest BCUT2D eigenvalue weighted by Gasteiger charge is 2.77. The fourth-order valence-corrected chi connectivity index (χ4v) is 8.66. The number of ether oxygens (including phenoxy) is 1. The molecule has 0 amide bonds. The van der Waals surface area contributed by atoms with Crippen molar-refractivity contribution >= 4 is 12.1 Å². The number of hydrogen-bond donors (Lipinski definition) is 3. The predicted octanol–water partition coefficient (Wildman–Crippen LogP) is 2.90. The summed E-state index contributed by atoms with van der Waals surface area (Å²) >= 11 is 0. The van der Waals surface area contributed by atoms with Gasteiger partial charge in [-0.2, -0.15) is 0 Å². The Kier molecular flexibility index (Phi) is 5.63. The minimum Gasteiger partial charge on any atom is -0.467 e. The number of rotatable bonds is 4. The van der Waals surface area contributed by atoms with Crippen LogP contribution in [-0.4, -0.2) is 69.8 Å². The lowest BCUT2D eigenvalue weighted by Crippen LogP contribution is -2.66. The second-order valence-electron chi connectivity index (χ2n) is 12.6. The Labute approximate surface area is 208 Å². The van der Waals surface area contributed by atoms with Gasteiger partial charge in [0.2, 0.25) is 5.88 Å². The molecule has 10 atom stereocenters. The molecule has 7 heteroatoms. The lowest BCUT2D eigenvalue weighted by atomic mass is 9.59. The summed E-state index contributed by atoms with van der Waals surface area (Å²) in [5, 5.41) is 34.7. The molecular formula is C28H42N2O5. The summed E-state index contributed by atoms with van der Waals surface area (Å²) in [4.78, 5) is 21.0. The fourth-order valence-electron chi connectivity index (χ4n) is 8.66. The molecule has 1 spiro atoms. The zero-order chi connectivity index (χ0) is 25.7. The molecule has 7 nitrogen and oxygen atoms in total. The Morgan fingerprint density at radius 2 is 1.94 bits per heavy atom. The van der Waals surface area contributed by atoms with E-state index in [0.717, 1.165) is 24.0 Å². The summed E-state index contributed by atoms with van der Waals surface area (Å²) in [7, 11) is 1.97. The smallest absolute Gasteiger partial charge is 0.216 e. The van der Waals surface area contributed by atoms with Crippen molar-refractivity contribution in [1.82, 2.24) is 4.90 Å². The van der Waals surface area contributed by atoms with Crippen LogP contribution in [0.25, 0.3) is 0 Å². The van der Waals surface area contributed by atoms with E-state index in [0.29, 0.717) is 18.2 Å². The number of nitrogens with zero attached hydrogens (tertiary/aromatic N) is 2. The molecule has 3 N–H and O–H groups in total. The first-order valence-electron chi connectivity index (χ1n) is 13.3. The lowest BCUT2D eigenvalue weighted by Gasteiger charge is -2.49. The van der Waals surface area contributed by atoms with Gasteiger partial charge in [-0.3, -0.25) is 4.79 Å². The monoisotopic (exact) mass is 486 g/mol. The van der Waals surface area contributed by atoms with E-state index in [1.807, 2.05) is 38.8 Å². The highest BCUT2D eigenvalue weighted by Crippen LogP contribution is 2.72. The van der Waals surface area contributed by atoms with E-state index in [1.54, 1.807) is 6.34 Å². The first kappa shape index (κ1) is 25.0. The number of carbonyl (C=O) groups excluding carboxylic acids is 1. The number of aliphatic hydroxyl groups excluding tert-OH is 2. The van der Waals surface area contributed by atoms with E-state index >= 15 is 0 Å². The third-order valence-corrected chi connectivity index (χ3v) is 10.6. The lowest BCUT2D eigenvalue weighted by molar-refractivity contribution is -0.208. The van der Waals surface area contributed by atoms with E-state index in [-0.39, 0.29) is 41.6 Å². The molecule has 0 aromatic carbocycles. The Balaban J connectivity index is 1.63. The Morgan fingerprint density at radius 3 is 2.57 bits per heavy atom. The van der Waals surface area contributed by atoms with Gasteiger partial charge >= 0.3 is 0 Å². The molecule has 0 saturated heterocycles. The van der Waals surface area contributed by atoms with Crippen LogP contribution in [0.3, 0.4) is 0 Å². The molecule has 4 aliphatic carbocycles. The maximum Gasteiger partial charge on any atom is 0.216 e. The van der Waals surface area contributed by atoms with Crippen molar-refractivity contribution in [2.24, 2.45) is 45.4 Å². The zero-order valence-corrected chi connectivity index (χ0v) is 22.2. The third-order valence-electron chi connectivity index (χ3n) is 10.6. The number of carbonyl (C=O) groups is 1. The summed E-state index contributed by atoms with van der Waals surface area (Å²) in [6, 6.07) is 0.123. The van der Waals surface area contributed by atoms with Gasteiger partial charge in [-0.25, -0.2) is 4.99 Å². The summed E-state index contributed by atoms with van der Waals surface area (Å²) < 4.78 is 6.49. The number of ketones is 1. The molecule has 3 fully saturated rings. The summed E-state index contributed by atoms with van der Waals surface area (Å²) in [5.74, 6) is -0.0258. The van der Waals surface area contributed by atoms with E-state index in [2.05, 4.69) is 25.8 Å². The second-order valence-corrected chi connectivity index (χ2v) is 12.6. The van der Waals surface area contributed by atoms with E-state index in [4.69, 9.17) is 4.74 Å². The van der Waals surface area contributed by atoms with Crippen molar-refractivity contribution < 1.29 is 24.9 Å². The van der Waals surface area contributed by atoms with Gasteiger partial charge < -0.3 is 25.0 Å². The molecular weight excluding hydrogens is 444 g/mol. The van der Waals surface area contributed by atoms with Gasteiger partial charge in [0.15, 0.2) is 6.10 Å². The third kappa shape index (κ3) is 3.01. The van der Waals surface area contributed by atoms with Crippen molar-refractivity contribution in [1.29, 1.82) is 0 Å². The molecule has 3 saturated carbocycles. The molecule has 194 valence electrons. The summed E-state index contributed by atoms with van der Waals surface area (Å²) in [6.07, 6.45) is 3.48. The zero-order valence-electron chi connectivity index (χ0n) is 22.2. The average molecular weight is 487 g/mol. The number of hydrogen-bond acceptors (Lipinski definition) is 7. The van der Waals surface area contributed by atoms with Gasteiger partial charge in [0.05, 0.1) is 23.9 Å². The minimum atomic E-state index is -1.88. The van der Waals surface area contributed by atoms with Gasteiger partial charge in [-0.15, -0.1) is 0 Å². The van der Waals surface area contributed by atoms with Crippen molar-refractivity contribution in [3.63, 3.8) is 0 Å². The maximum atomic E-state index is 14.5. The molecule has 0 radical (unpaired) electrons. The molecule has 1 heterocycles. The largest absolute Gasteiger partial charge is 0.467 e. The first-order valence-corrected chi connectivity index (χ1v) is 13.3. The van der Waals surface area contributed by atoms with Crippen LogP contribution in [0.15, 0.2) is 28.1 Å². The van der Waals surface area contributed by atoms with Crippen LogP contribution in [0.2, 0.25) is 0 Å². The molecule has 2 bridgehead atoms. The van der Waals surface area contributed by atoms with Crippen LogP contribution in [0.1, 0.15) is 60.8 Å². The molecule has 0 aromatic heterocycles. The van der Waals surface area contributed by atoms with Gasteiger partial charge in [-0.1, -0.05) is 33.8 Å². The number of Topliss-reactive ketones (excluding diaryl/α,β-unsaturated/α-hetero) is 1. The van der Waals surface area contributed by atoms with E-state index < -0.39 is 29.1 Å². The molecule has 5 rings (SSSR count). The standard InChI is InChI=1S/C28H42N2O5/c1-8-20-16(4)25(29-13-30(20)7)35-24-14(2)11-27-15(3)9-19-21(26(19,5)6)18(23(27)33)10-17(12-31)22(32)28(24,27)34/h11,13,15,17-22,24,31-32,34H,8-10,12H2,1-7H3.